The first-order chi connectivity index (χ1) is 14.9. The second-order valence-corrected chi connectivity index (χ2v) is 9.68. The molecule has 0 saturated heterocycles. The van der Waals surface area contributed by atoms with Gasteiger partial charge in [0.05, 0.1) is 24.6 Å². The molecule has 0 atom stereocenters. The number of hydrogen-bond acceptors (Lipinski definition) is 5. The Labute approximate surface area is 190 Å². The number of ether oxygens (including phenoxy) is 1. The number of nitrogens with one attached hydrogen (secondary N) is 1. The number of nitrogens with zero attached hydrogens (tertiary/aromatic N) is 1. The van der Waals surface area contributed by atoms with Gasteiger partial charge in [0, 0.05) is 23.4 Å². The fraction of sp³-hybridized carbons (Fsp3) is 0.435. The summed E-state index contributed by atoms with van der Waals surface area (Å²) in [5, 5.41) is 4.20. The van der Waals surface area contributed by atoms with E-state index in [0.29, 0.717) is 35.1 Å². The Hall–Kier alpha value is -2.38. The summed E-state index contributed by atoms with van der Waals surface area (Å²) in [7, 11) is 1.34. The molecule has 4 rings (SSSR count). The van der Waals surface area contributed by atoms with E-state index in [4.69, 9.17) is 16.3 Å². The molecule has 1 aliphatic carbocycles. The van der Waals surface area contributed by atoms with Gasteiger partial charge in [0.15, 0.2) is 0 Å². The summed E-state index contributed by atoms with van der Waals surface area (Å²) in [5.41, 5.74) is 1.59. The maximum Gasteiger partial charge on any atom is 0.341 e. The third kappa shape index (κ3) is 3.96. The van der Waals surface area contributed by atoms with Crippen molar-refractivity contribution in [2.45, 2.75) is 51.0 Å². The number of halogens is 1. The Kier molecular flexibility index (Phi) is 6.08. The molecule has 0 spiro atoms. The molecule has 2 aromatic rings. The lowest BCUT2D eigenvalue weighted by Gasteiger charge is -2.28. The highest BCUT2D eigenvalue weighted by Crippen LogP contribution is 2.44. The van der Waals surface area contributed by atoms with Gasteiger partial charge >= 0.3 is 5.97 Å². The average Bonchev–Trinajstić information content (AvgIpc) is 3.38. The van der Waals surface area contributed by atoms with Crippen LogP contribution in [0.4, 0.5) is 5.00 Å². The molecule has 2 aliphatic rings. The SMILES string of the molecule is COC(=O)c1c(NC(=O)C2(c3ccc(Cl)cc3)CCCC2)sc2c1CCN(C(C)=O)C2. The van der Waals surface area contributed by atoms with Gasteiger partial charge in [-0.3, -0.25) is 9.59 Å². The highest BCUT2D eigenvalue weighted by Gasteiger charge is 2.43. The molecule has 1 fully saturated rings. The largest absolute Gasteiger partial charge is 0.465 e. The van der Waals surface area contributed by atoms with E-state index in [-0.39, 0.29) is 11.8 Å². The van der Waals surface area contributed by atoms with Crippen LogP contribution in [-0.2, 0) is 32.7 Å². The number of carbonyl (C=O) groups excluding carboxylic acids is 3. The van der Waals surface area contributed by atoms with Crippen LogP contribution >= 0.6 is 22.9 Å². The summed E-state index contributed by atoms with van der Waals surface area (Å²) < 4.78 is 5.03. The van der Waals surface area contributed by atoms with Crippen molar-refractivity contribution in [1.29, 1.82) is 0 Å². The zero-order chi connectivity index (χ0) is 22.2. The molecule has 1 saturated carbocycles. The summed E-state index contributed by atoms with van der Waals surface area (Å²) in [6, 6.07) is 7.45. The number of benzene rings is 1. The van der Waals surface area contributed by atoms with Crippen molar-refractivity contribution in [2.75, 3.05) is 19.0 Å². The molecule has 31 heavy (non-hydrogen) atoms. The number of methoxy groups -OCH3 is 1. The minimum absolute atomic E-state index is 0.00287. The minimum Gasteiger partial charge on any atom is -0.465 e. The minimum atomic E-state index is -0.645. The number of fused-ring (bicyclic) bond motifs is 1. The van der Waals surface area contributed by atoms with Crippen molar-refractivity contribution >= 4 is 45.7 Å². The van der Waals surface area contributed by atoms with E-state index in [1.807, 2.05) is 24.3 Å². The Morgan fingerprint density at radius 2 is 1.84 bits per heavy atom. The van der Waals surface area contributed by atoms with Crippen LogP contribution in [0.5, 0.6) is 0 Å². The number of amides is 2. The van der Waals surface area contributed by atoms with Gasteiger partial charge in [0.1, 0.15) is 5.00 Å². The van der Waals surface area contributed by atoms with Crippen LogP contribution in [0.25, 0.3) is 0 Å². The molecular weight excluding hydrogens is 436 g/mol. The Morgan fingerprint density at radius 3 is 2.45 bits per heavy atom. The first-order valence-corrected chi connectivity index (χ1v) is 11.6. The third-order valence-electron chi connectivity index (χ3n) is 6.41. The van der Waals surface area contributed by atoms with Crippen molar-refractivity contribution < 1.29 is 19.1 Å². The molecule has 0 unspecified atom stereocenters. The quantitative estimate of drug-likeness (QED) is 0.679. The fourth-order valence-corrected chi connectivity index (χ4v) is 6.07. The number of rotatable bonds is 4. The summed E-state index contributed by atoms with van der Waals surface area (Å²) in [4.78, 5) is 40.7. The zero-order valence-electron chi connectivity index (χ0n) is 17.6. The average molecular weight is 461 g/mol. The molecule has 2 amide bonds. The molecule has 1 N–H and O–H groups in total. The standard InChI is InChI=1S/C23H25ClN2O4S/c1-14(27)26-12-9-17-18(13-26)31-20(19(17)21(28)30-2)25-22(29)23(10-3-4-11-23)15-5-7-16(24)8-6-15/h5-8H,3-4,9-13H2,1-2H3,(H,25,29). The smallest absolute Gasteiger partial charge is 0.341 e. The lowest BCUT2D eigenvalue weighted by atomic mass is 9.78. The molecule has 6 nitrogen and oxygen atoms in total. The number of carbonyl (C=O) groups is 3. The second-order valence-electron chi connectivity index (χ2n) is 8.14. The topological polar surface area (TPSA) is 75.7 Å². The van der Waals surface area contributed by atoms with E-state index < -0.39 is 11.4 Å². The predicted octanol–water partition coefficient (Wildman–Crippen LogP) is 4.54. The number of hydrogen-bond donors (Lipinski definition) is 1. The van der Waals surface area contributed by atoms with E-state index >= 15 is 0 Å². The first-order valence-electron chi connectivity index (χ1n) is 10.4. The van der Waals surface area contributed by atoms with Crippen molar-refractivity contribution in [3.05, 3.63) is 50.9 Å². The van der Waals surface area contributed by atoms with Gasteiger partial charge in [0.2, 0.25) is 11.8 Å². The van der Waals surface area contributed by atoms with Crippen molar-refractivity contribution in [3.63, 3.8) is 0 Å². The van der Waals surface area contributed by atoms with E-state index in [1.54, 1.807) is 11.8 Å². The highest BCUT2D eigenvalue weighted by atomic mass is 35.5. The predicted molar refractivity (Wildman–Crippen MR) is 121 cm³/mol. The molecule has 8 heteroatoms. The fourth-order valence-electron chi connectivity index (χ4n) is 4.70. The van der Waals surface area contributed by atoms with Crippen LogP contribution < -0.4 is 5.32 Å². The summed E-state index contributed by atoms with van der Waals surface area (Å²) in [6.07, 6.45) is 3.99. The Balaban J connectivity index is 1.69. The van der Waals surface area contributed by atoms with Gasteiger partial charge in [-0.15, -0.1) is 11.3 Å². The third-order valence-corrected chi connectivity index (χ3v) is 7.79. The molecule has 164 valence electrons. The Morgan fingerprint density at radius 1 is 1.16 bits per heavy atom. The second kappa shape index (κ2) is 8.63. The van der Waals surface area contributed by atoms with Gasteiger partial charge < -0.3 is 15.0 Å². The number of esters is 1. The number of anilines is 1. The normalized spacial score (nSPS) is 17.2. The maximum atomic E-state index is 13.6. The van der Waals surface area contributed by atoms with Crippen LogP contribution in [0, 0.1) is 0 Å². The van der Waals surface area contributed by atoms with E-state index in [2.05, 4.69) is 5.32 Å². The van der Waals surface area contributed by atoms with Crippen molar-refractivity contribution in [3.8, 4) is 0 Å². The van der Waals surface area contributed by atoms with Gasteiger partial charge in [-0.1, -0.05) is 36.6 Å². The van der Waals surface area contributed by atoms with Crippen LogP contribution in [0.2, 0.25) is 5.02 Å². The van der Waals surface area contributed by atoms with Crippen LogP contribution in [0.15, 0.2) is 24.3 Å². The van der Waals surface area contributed by atoms with Crippen molar-refractivity contribution in [2.24, 2.45) is 0 Å². The first kappa shape index (κ1) is 21.8. The lowest BCUT2D eigenvalue weighted by molar-refractivity contribution is -0.129. The zero-order valence-corrected chi connectivity index (χ0v) is 19.2. The summed E-state index contributed by atoms with van der Waals surface area (Å²) in [6.45, 7) is 2.53. The van der Waals surface area contributed by atoms with Gasteiger partial charge in [-0.2, -0.15) is 0 Å². The molecule has 1 aliphatic heterocycles. The van der Waals surface area contributed by atoms with Gasteiger partial charge in [-0.05, 0) is 42.5 Å². The van der Waals surface area contributed by atoms with Crippen LogP contribution in [-0.4, -0.2) is 36.3 Å². The van der Waals surface area contributed by atoms with Crippen molar-refractivity contribution in [1.82, 2.24) is 4.90 Å². The summed E-state index contributed by atoms with van der Waals surface area (Å²) in [5.74, 6) is -0.576. The molecular formula is C23H25ClN2O4S. The van der Waals surface area contributed by atoms with Crippen LogP contribution in [0.1, 0.15) is 59.0 Å². The molecule has 0 bridgehead atoms. The monoisotopic (exact) mass is 460 g/mol. The number of thiophene rings is 1. The van der Waals surface area contributed by atoms with Gasteiger partial charge in [-0.25, -0.2) is 4.79 Å². The van der Waals surface area contributed by atoms with Crippen LogP contribution in [0.3, 0.4) is 0 Å². The molecule has 2 heterocycles. The molecule has 0 radical (unpaired) electrons. The van der Waals surface area contributed by atoms with E-state index in [1.165, 1.54) is 18.4 Å². The lowest BCUT2D eigenvalue weighted by Crippen LogP contribution is -2.38. The maximum absolute atomic E-state index is 13.6. The van der Waals surface area contributed by atoms with E-state index in [9.17, 15) is 14.4 Å². The molecule has 1 aromatic carbocycles. The summed E-state index contributed by atoms with van der Waals surface area (Å²) >= 11 is 7.42. The van der Waals surface area contributed by atoms with Gasteiger partial charge in [0.25, 0.3) is 0 Å². The highest BCUT2D eigenvalue weighted by molar-refractivity contribution is 7.17. The molecule has 1 aromatic heterocycles. The Bertz CT molecular complexity index is 1020. The van der Waals surface area contributed by atoms with E-state index in [0.717, 1.165) is 41.7 Å².